The first-order valence-corrected chi connectivity index (χ1v) is 9.56. The smallest absolute Gasteiger partial charge is 0.248 e. The number of halogens is 1. The molecule has 148 valence electrons. The molecule has 4 rings (SSSR count). The van der Waals surface area contributed by atoms with E-state index in [1.807, 2.05) is 65.4 Å². The molecule has 0 spiro atoms. The van der Waals surface area contributed by atoms with Gasteiger partial charge < -0.3 is 9.88 Å². The number of carbonyl (C=O) groups excluding carboxylic acids is 1. The van der Waals surface area contributed by atoms with E-state index in [9.17, 15) is 9.18 Å². The molecule has 1 N–H and O–H groups in total. The van der Waals surface area contributed by atoms with Crippen LogP contribution < -0.4 is 5.32 Å². The minimum absolute atomic E-state index is 0.143. The molecule has 1 amide bonds. The fraction of sp³-hybridized carbons (Fsp3) is 0.0400. The minimum Gasteiger partial charge on any atom is -0.326 e. The van der Waals surface area contributed by atoms with Crippen molar-refractivity contribution in [2.24, 2.45) is 0 Å². The summed E-state index contributed by atoms with van der Waals surface area (Å²) in [4.78, 5) is 16.3. The Labute approximate surface area is 174 Å². The summed E-state index contributed by atoms with van der Waals surface area (Å²) in [7, 11) is 0. The number of carbonyl (C=O) groups is 1. The van der Waals surface area contributed by atoms with E-state index in [0.717, 1.165) is 16.7 Å². The van der Waals surface area contributed by atoms with Gasteiger partial charge in [-0.25, -0.2) is 9.37 Å². The van der Waals surface area contributed by atoms with Crippen LogP contribution in [0.3, 0.4) is 0 Å². The molecule has 1 atom stereocenters. The van der Waals surface area contributed by atoms with Crippen molar-refractivity contribution in [2.45, 2.75) is 6.04 Å². The highest BCUT2D eigenvalue weighted by atomic mass is 19.1. The molecule has 1 unspecified atom stereocenters. The molecule has 0 fully saturated rings. The van der Waals surface area contributed by atoms with E-state index in [1.165, 1.54) is 18.2 Å². The maximum Gasteiger partial charge on any atom is 0.248 e. The Morgan fingerprint density at radius 3 is 2.23 bits per heavy atom. The number of aromatic nitrogens is 2. The van der Waals surface area contributed by atoms with Crippen LogP contribution in [0, 0.1) is 5.82 Å². The Morgan fingerprint density at radius 1 is 0.933 bits per heavy atom. The van der Waals surface area contributed by atoms with Crippen LogP contribution in [-0.4, -0.2) is 15.5 Å². The van der Waals surface area contributed by atoms with Crippen LogP contribution in [0.25, 0.3) is 6.08 Å². The number of nitrogens with zero attached hydrogens (tertiary/aromatic N) is 2. The van der Waals surface area contributed by atoms with Gasteiger partial charge in [0.15, 0.2) is 0 Å². The first-order valence-electron chi connectivity index (χ1n) is 9.56. The van der Waals surface area contributed by atoms with Gasteiger partial charge in [-0.05, 0) is 47.0 Å². The first kappa shape index (κ1) is 19.3. The Bertz CT molecular complexity index is 1120. The van der Waals surface area contributed by atoms with Gasteiger partial charge in [0.25, 0.3) is 0 Å². The first-order chi connectivity index (χ1) is 14.7. The number of imidazole rings is 1. The topological polar surface area (TPSA) is 46.9 Å². The van der Waals surface area contributed by atoms with Crippen LogP contribution in [0.5, 0.6) is 0 Å². The van der Waals surface area contributed by atoms with Gasteiger partial charge in [0.2, 0.25) is 5.91 Å². The summed E-state index contributed by atoms with van der Waals surface area (Å²) in [6.07, 6.45) is 8.60. The lowest BCUT2D eigenvalue weighted by molar-refractivity contribution is -0.111. The van der Waals surface area contributed by atoms with Crippen molar-refractivity contribution in [1.29, 1.82) is 0 Å². The van der Waals surface area contributed by atoms with Gasteiger partial charge >= 0.3 is 0 Å². The van der Waals surface area contributed by atoms with E-state index in [1.54, 1.807) is 30.7 Å². The van der Waals surface area contributed by atoms with Crippen molar-refractivity contribution < 1.29 is 9.18 Å². The average molecular weight is 397 g/mol. The molecule has 0 aliphatic carbocycles. The Kier molecular flexibility index (Phi) is 5.80. The standard InChI is InChI=1S/C25H20FN3O/c26-22-11-7-20(8-12-22)25(29-17-16-27-18-29)21-9-13-23(14-10-21)28-24(30)15-6-19-4-2-1-3-5-19/h1-18,25H,(H,28,30)/b15-6-. The normalized spacial score (nSPS) is 12.0. The number of benzene rings is 3. The molecule has 0 saturated heterocycles. The molecule has 5 heteroatoms. The largest absolute Gasteiger partial charge is 0.326 e. The van der Waals surface area contributed by atoms with Crippen molar-refractivity contribution in [2.75, 3.05) is 5.32 Å². The van der Waals surface area contributed by atoms with Crippen molar-refractivity contribution in [3.63, 3.8) is 0 Å². The second-order valence-electron chi connectivity index (χ2n) is 6.82. The second-order valence-corrected chi connectivity index (χ2v) is 6.82. The summed E-state index contributed by atoms with van der Waals surface area (Å²) in [6, 6.07) is 23.6. The molecular formula is C25H20FN3O. The zero-order valence-corrected chi connectivity index (χ0v) is 16.2. The van der Waals surface area contributed by atoms with Crippen molar-refractivity contribution in [3.8, 4) is 0 Å². The number of rotatable bonds is 6. The van der Waals surface area contributed by atoms with Gasteiger partial charge in [0.05, 0.1) is 12.4 Å². The van der Waals surface area contributed by atoms with E-state index in [2.05, 4.69) is 10.3 Å². The van der Waals surface area contributed by atoms with Crippen molar-refractivity contribution in [1.82, 2.24) is 9.55 Å². The summed E-state index contributed by atoms with van der Waals surface area (Å²) in [6.45, 7) is 0. The van der Waals surface area contributed by atoms with Crippen LogP contribution in [0.2, 0.25) is 0 Å². The molecule has 0 saturated carbocycles. The molecule has 1 aromatic heterocycles. The van der Waals surface area contributed by atoms with Gasteiger partial charge in [0, 0.05) is 24.2 Å². The number of hydrogen-bond donors (Lipinski definition) is 1. The maximum atomic E-state index is 13.4. The Hall–Kier alpha value is -3.99. The summed E-state index contributed by atoms with van der Waals surface area (Å²) < 4.78 is 15.3. The van der Waals surface area contributed by atoms with Gasteiger partial charge in [-0.15, -0.1) is 0 Å². The van der Waals surface area contributed by atoms with Gasteiger partial charge in [-0.2, -0.15) is 0 Å². The van der Waals surface area contributed by atoms with Gasteiger partial charge in [0.1, 0.15) is 5.82 Å². The monoisotopic (exact) mass is 397 g/mol. The Morgan fingerprint density at radius 2 is 1.60 bits per heavy atom. The molecule has 1 heterocycles. The number of amides is 1. The highest BCUT2D eigenvalue weighted by Gasteiger charge is 2.16. The van der Waals surface area contributed by atoms with Crippen LogP contribution in [0.1, 0.15) is 22.7 Å². The predicted molar refractivity (Wildman–Crippen MR) is 116 cm³/mol. The molecule has 4 nitrogen and oxygen atoms in total. The van der Waals surface area contributed by atoms with E-state index in [-0.39, 0.29) is 17.8 Å². The molecule has 0 bridgehead atoms. The van der Waals surface area contributed by atoms with Crippen LogP contribution in [-0.2, 0) is 4.79 Å². The van der Waals surface area contributed by atoms with Gasteiger partial charge in [-0.3, -0.25) is 4.79 Å². The maximum absolute atomic E-state index is 13.4. The molecule has 3 aromatic carbocycles. The molecule has 0 aliphatic heterocycles. The zero-order chi connectivity index (χ0) is 20.8. The molecular weight excluding hydrogens is 377 g/mol. The molecule has 4 aromatic rings. The van der Waals surface area contributed by atoms with E-state index >= 15 is 0 Å². The fourth-order valence-electron chi connectivity index (χ4n) is 3.27. The number of anilines is 1. The third kappa shape index (κ3) is 4.70. The number of nitrogens with one attached hydrogen (secondary N) is 1. The number of hydrogen-bond acceptors (Lipinski definition) is 2. The Balaban J connectivity index is 1.51. The van der Waals surface area contributed by atoms with Crippen LogP contribution in [0.4, 0.5) is 10.1 Å². The van der Waals surface area contributed by atoms with E-state index in [0.29, 0.717) is 5.69 Å². The highest BCUT2D eigenvalue weighted by molar-refractivity contribution is 6.01. The van der Waals surface area contributed by atoms with Crippen molar-refractivity contribution >= 4 is 17.7 Å². The third-order valence-corrected chi connectivity index (χ3v) is 4.73. The quantitative estimate of drug-likeness (QED) is 0.448. The summed E-state index contributed by atoms with van der Waals surface area (Å²) in [5, 5.41) is 2.87. The third-order valence-electron chi connectivity index (χ3n) is 4.73. The highest BCUT2D eigenvalue weighted by Crippen LogP contribution is 2.27. The summed E-state index contributed by atoms with van der Waals surface area (Å²) >= 11 is 0. The second kappa shape index (κ2) is 9.01. The summed E-state index contributed by atoms with van der Waals surface area (Å²) in [5.74, 6) is -0.471. The molecule has 0 radical (unpaired) electrons. The fourth-order valence-corrected chi connectivity index (χ4v) is 3.27. The molecule has 0 aliphatic rings. The minimum atomic E-state index is -0.273. The van der Waals surface area contributed by atoms with Crippen molar-refractivity contribution in [3.05, 3.63) is 126 Å². The van der Waals surface area contributed by atoms with E-state index in [4.69, 9.17) is 0 Å². The van der Waals surface area contributed by atoms with Crippen LogP contribution in [0.15, 0.2) is 104 Å². The predicted octanol–water partition coefficient (Wildman–Crippen LogP) is 5.31. The van der Waals surface area contributed by atoms with Gasteiger partial charge in [-0.1, -0.05) is 54.6 Å². The lowest BCUT2D eigenvalue weighted by Gasteiger charge is -2.20. The lowest BCUT2D eigenvalue weighted by atomic mass is 9.98. The molecule has 30 heavy (non-hydrogen) atoms. The summed E-state index contributed by atoms with van der Waals surface area (Å²) in [5.41, 5.74) is 3.60. The SMILES string of the molecule is O=C(/C=C\c1ccccc1)Nc1ccc(C(c2ccc(F)cc2)n2ccnc2)cc1. The van der Waals surface area contributed by atoms with Crippen LogP contribution >= 0.6 is 0 Å². The zero-order valence-electron chi connectivity index (χ0n) is 16.2. The average Bonchev–Trinajstić information content (AvgIpc) is 3.30. The lowest BCUT2D eigenvalue weighted by Crippen LogP contribution is -2.11. The van der Waals surface area contributed by atoms with E-state index < -0.39 is 0 Å².